The molecular weight excluding hydrogens is 511 g/mol. The number of aromatic nitrogens is 1. The smallest absolute Gasteiger partial charge is 0.338 e. The Morgan fingerprint density at radius 2 is 2.14 bits per heavy atom. The van der Waals surface area contributed by atoms with Gasteiger partial charge in [0.1, 0.15) is 11.9 Å². The largest absolute Gasteiger partial charge is 0.466 e. The summed E-state index contributed by atoms with van der Waals surface area (Å²) in [6, 6.07) is 2.79. The number of hydrogen-bond acceptors (Lipinski definition) is 10. The van der Waals surface area contributed by atoms with Crippen molar-refractivity contribution in [2.24, 2.45) is 4.99 Å². The molecule has 192 valence electrons. The maximum absolute atomic E-state index is 13.8. The van der Waals surface area contributed by atoms with Gasteiger partial charge in [0, 0.05) is 46.5 Å². The highest BCUT2D eigenvalue weighted by Crippen LogP contribution is 2.39. The van der Waals surface area contributed by atoms with Crippen LogP contribution >= 0.6 is 22.9 Å². The van der Waals surface area contributed by atoms with Crippen molar-refractivity contribution in [2.75, 3.05) is 33.5 Å². The number of aliphatic hydroxyl groups is 2. The molecule has 2 bridgehead atoms. The Hall–Kier alpha value is -2.41. The molecule has 3 N–H and O–H groups in total. The predicted octanol–water partition coefficient (Wildman–Crippen LogP) is 2.04. The second-order valence-electron chi connectivity index (χ2n) is 9.20. The van der Waals surface area contributed by atoms with Gasteiger partial charge in [0.15, 0.2) is 10.8 Å². The molecule has 3 aliphatic heterocycles. The van der Waals surface area contributed by atoms with Crippen molar-refractivity contribution in [3.05, 3.63) is 62.5 Å². The van der Waals surface area contributed by atoms with Crippen molar-refractivity contribution in [2.45, 2.75) is 36.6 Å². The molecule has 3 atom stereocenters. The molecule has 0 amide bonds. The average Bonchev–Trinajstić information content (AvgIpc) is 3.39. The number of thiazole rings is 1. The van der Waals surface area contributed by atoms with Crippen molar-refractivity contribution in [3.8, 4) is 0 Å². The van der Waals surface area contributed by atoms with Gasteiger partial charge in [0.25, 0.3) is 0 Å². The molecule has 36 heavy (non-hydrogen) atoms. The number of benzene rings is 1. The van der Waals surface area contributed by atoms with E-state index in [-0.39, 0.29) is 29.3 Å². The number of morpholine rings is 1. The monoisotopic (exact) mass is 536 g/mol. The van der Waals surface area contributed by atoms with Crippen LogP contribution in [0.5, 0.6) is 0 Å². The van der Waals surface area contributed by atoms with Crippen LogP contribution in [0.25, 0.3) is 0 Å². The van der Waals surface area contributed by atoms with E-state index in [0.717, 1.165) is 0 Å². The van der Waals surface area contributed by atoms with Crippen LogP contribution in [-0.2, 0) is 14.3 Å². The lowest BCUT2D eigenvalue weighted by atomic mass is 9.81. The molecule has 0 radical (unpaired) electrons. The maximum Gasteiger partial charge on any atom is 0.338 e. The van der Waals surface area contributed by atoms with Crippen LogP contribution < -0.4 is 5.32 Å². The van der Waals surface area contributed by atoms with Crippen LogP contribution in [0.2, 0.25) is 5.02 Å². The molecule has 2 saturated heterocycles. The number of rotatable bonds is 6. The summed E-state index contributed by atoms with van der Waals surface area (Å²) in [6.45, 7) is 0.763. The number of aliphatic imine (C=N–C) groups is 1. The number of aliphatic hydroxyl groups excluding tert-OH is 1. The zero-order valence-electron chi connectivity index (χ0n) is 19.5. The zero-order chi connectivity index (χ0) is 25.4. The van der Waals surface area contributed by atoms with Crippen LogP contribution in [0.3, 0.4) is 0 Å². The fourth-order valence-corrected chi connectivity index (χ4v) is 6.04. The van der Waals surface area contributed by atoms with Gasteiger partial charge in [-0.15, -0.1) is 11.3 Å². The van der Waals surface area contributed by atoms with E-state index in [1.54, 1.807) is 6.20 Å². The van der Waals surface area contributed by atoms with E-state index < -0.39 is 23.4 Å². The SMILES string of the molecule is COC(=O)C1=C(CN2C3COCC2CC(O)(CO)C3)NC(c2nccs2)=N[C@H]1c1ccc(F)cc1Cl. The van der Waals surface area contributed by atoms with E-state index in [9.17, 15) is 19.4 Å². The van der Waals surface area contributed by atoms with E-state index in [1.165, 1.54) is 36.6 Å². The second-order valence-corrected chi connectivity index (χ2v) is 10.5. The number of halogens is 2. The zero-order valence-corrected chi connectivity index (χ0v) is 21.1. The third kappa shape index (κ3) is 4.79. The summed E-state index contributed by atoms with van der Waals surface area (Å²) in [6.07, 6.45) is 2.33. The minimum atomic E-state index is -1.17. The molecule has 5 rings (SSSR count). The van der Waals surface area contributed by atoms with Gasteiger partial charge >= 0.3 is 5.97 Å². The topological polar surface area (TPSA) is 117 Å². The Kier molecular flexibility index (Phi) is 7.12. The van der Waals surface area contributed by atoms with Crippen LogP contribution in [-0.4, -0.2) is 83.1 Å². The first-order valence-electron chi connectivity index (χ1n) is 11.5. The summed E-state index contributed by atoms with van der Waals surface area (Å²) in [5.41, 5.74) is 0.0998. The van der Waals surface area contributed by atoms with Crippen molar-refractivity contribution >= 4 is 34.7 Å². The number of methoxy groups -OCH3 is 1. The Bertz CT molecular complexity index is 1190. The molecule has 2 aromatic rings. The van der Waals surface area contributed by atoms with Crippen LogP contribution in [0.1, 0.15) is 29.5 Å². The number of esters is 1. The summed E-state index contributed by atoms with van der Waals surface area (Å²) >= 11 is 7.80. The highest BCUT2D eigenvalue weighted by Gasteiger charge is 2.47. The van der Waals surface area contributed by atoms with Gasteiger partial charge in [-0.3, -0.25) is 9.89 Å². The Labute approximate surface area is 216 Å². The highest BCUT2D eigenvalue weighted by atomic mass is 35.5. The molecule has 2 unspecified atom stereocenters. The minimum Gasteiger partial charge on any atom is -0.466 e. The quantitative estimate of drug-likeness (QED) is 0.480. The van der Waals surface area contributed by atoms with E-state index in [0.29, 0.717) is 54.7 Å². The van der Waals surface area contributed by atoms with Crippen molar-refractivity contribution in [1.29, 1.82) is 0 Å². The molecule has 2 fully saturated rings. The number of hydrogen-bond donors (Lipinski definition) is 3. The van der Waals surface area contributed by atoms with Crippen molar-refractivity contribution in [3.63, 3.8) is 0 Å². The van der Waals surface area contributed by atoms with Gasteiger partial charge in [-0.2, -0.15) is 0 Å². The van der Waals surface area contributed by atoms with Crippen LogP contribution in [0.4, 0.5) is 4.39 Å². The number of piperidine rings is 1. The number of amidine groups is 1. The first-order valence-corrected chi connectivity index (χ1v) is 12.8. The molecule has 12 heteroatoms. The minimum absolute atomic E-state index is 0.140. The van der Waals surface area contributed by atoms with Crippen molar-refractivity contribution in [1.82, 2.24) is 15.2 Å². The third-order valence-corrected chi connectivity index (χ3v) is 7.96. The van der Waals surface area contributed by atoms with Crippen LogP contribution in [0.15, 0.2) is 46.0 Å². The molecular formula is C24H26ClFN4O5S. The molecule has 9 nitrogen and oxygen atoms in total. The normalized spacial score (nSPS) is 28.5. The van der Waals surface area contributed by atoms with Crippen molar-refractivity contribution < 1.29 is 28.9 Å². The van der Waals surface area contributed by atoms with E-state index in [4.69, 9.17) is 26.1 Å². The van der Waals surface area contributed by atoms with E-state index in [1.807, 2.05) is 5.38 Å². The molecule has 1 aromatic heterocycles. The first-order chi connectivity index (χ1) is 17.3. The standard InChI is InChI=1S/C24H26ClFN4O5S/c1-34-23(32)19-18(9-30-14-7-24(33,12-31)8-15(30)11-35-10-14)28-21(22-27-4-5-36-22)29-20(19)16-3-2-13(26)6-17(16)25/h2-6,14-15,20,31,33H,7-12H2,1H3,(H,28,29)/t14?,15?,20-,24?/m0/s1. The van der Waals surface area contributed by atoms with Gasteiger partial charge < -0.3 is 25.0 Å². The van der Waals surface area contributed by atoms with E-state index in [2.05, 4.69) is 15.2 Å². The lowest BCUT2D eigenvalue weighted by Crippen LogP contribution is -2.63. The number of carbonyl (C=O) groups is 1. The number of fused-ring (bicyclic) bond motifs is 2. The molecule has 3 aliphatic rings. The Morgan fingerprint density at radius 1 is 1.39 bits per heavy atom. The first kappa shape index (κ1) is 25.2. The summed E-state index contributed by atoms with van der Waals surface area (Å²) in [4.78, 5) is 24.4. The van der Waals surface area contributed by atoms with Gasteiger partial charge in [-0.1, -0.05) is 17.7 Å². The highest BCUT2D eigenvalue weighted by molar-refractivity contribution is 7.11. The Balaban J connectivity index is 1.58. The summed E-state index contributed by atoms with van der Waals surface area (Å²) in [7, 11) is 1.29. The number of ether oxygens (including phenoxy) is 2. The third-order valence-electron chi connectivity index (χ3n) is 6.85. The Morgan fingerprint density at radius 3 is 2.75 bits per heavy atom. The van der Waals surface area contributed by atoms with Gasteiger partial charge in [0.2, 0.25) is 0 Å². The fourth-order valence-electron chi connectivity index (χ4n) is 5.18. The second kappa shape index (κ2) is 10.2. The van der Waals surface area contributed by atoms with Gasteiger partial charge in [-0.05, 0) is 25.0 Å². The lowest BCUT2D eigenvalue weighted by Gasteiger charge is -2.51. The summed E-state index contributed by atoms with van der Waals surface area (Å²) in [5.74, 6) is -0.624. The van der Waals surface area contributed by atoms with Gasteiger partial charge in [-0.25, -0.2) is 14.2 Å². The van der Waals surface area contributed by atoms with E-state index >= 15 is 0 Å². The number of carbonyl (C=O) groups excluding carboxylic acids is 1. The molecule has 0 saturated carbocycles. The van der Waals surface area contributed by atoms with Gasteiger partial charge in [0.05, 0.1) is 38.1 Å². The summed E-state index contributed by atoms with van der Waals surface area (Å²) < 4.78 is 24.7. The molecule has 1 aromatic carbocycles. The summed E-state index contributed by atoms with van der Waals surface area (Å²) in [5, 5.41) is 26.4. The number of nitrogens with one attached hydrogen (secondary N) is 1. The average molecular weight is 537 g/mol. The molecule has 4 heterocycles. The predicted molar refractivity (Wildman–Crippen MR) is 131 cm³/mol. The fraction of sp³-hybridized carbons (Fsp3) is 0.458. The van der Waals surface area contributed by atoms with Crippen LogP contribution in [0, 0.1) is 5.82 Å². The molecule has 0 aliphatic carbocycles. The maximum atomic E-state index is 13.8. The number of nitrogens with zero attached hydrogens (tertiary/aromatic N) is 3. The molecule has 0 spiro atoms. The lowest BCUT2D eigenvalue weighted by molar-refractivity contribution is -0.153.